The third-order valence-corrected chi connectivity index (χ3v) is 15.6. The maximum Gasteiger partial charge on any atom is 0.136 e. The maximum absolute atomic E-state index is 6.29. The minimum Gasteiger partial charge on any atom is -0.456 e. The van der Waals surface area contributed by atoms with Gasteiger partial charge >= 0.3 is 0 Å². The summed E-state index contributed by atoms with van der Waals surface area (Å²) in [5.74, 6) is 0. The van der Waals surface area contributed by atoms with Crippen molar-refractivity contribution >= 4 is 82.7 Å². The smallest absolute Gasteiger partial charge is 0.136 e. The van der Waals surface area contributed by atoms with Crippen LogP contribution in [0.15, 0.2) is 251 Å². The molecule has 0 spiro atoms. The number of fused-ring (bicyclic) bond motifs is 12. The summed E-state index contributed by atoms with van der Waals surface area (Å²) in [5, 5.41) is 7.02. The Balaban J connectivity index is 0.846. The number of rotatable bonds is 7. The zero-order valence-corrected chi connectivity index (χ0v) is 40.3. The Morgan fingerprint density at radius 2 is 0.808 bits per heavy atom. The summed E-state index contributed by atoms with van der Waals surface area (Å²) >= 11 is 0. The molecule has 1 aliphatic carbocycles. The van der Waals surface area contributed by atoms with E-state index in [-0.39, 0.29) is 5.41 Å². The molecule has 344 valence electrons. The first-order chi connectivity index (χ1) is 35.9. The number of nitrogens with zero attached hydrogens (tertiary/aromatic N) is 2. The molecule has 0 radical (unpaired) electrons. The Morgan fingerprint density at radius 1 is 0.329 bits per heavy atom. The van der Waals surface area contributed by atoms with Crippen molar-refractivity contribution in [1.82, 2.24) is 4.57 Å². The van der Waals surface area contributed by atoms with Gasteiger partial charge in [-0.05, 0) is 153 Å². The fraction of sp³-hybridized carbons (Fsp3) is 0.0435. The third-order valence-electron chi connectivity index (χ3n) is 15.6. The SMILES string of the molecule is CC1(C)c2ccccc2-c2cc3c4cc(-c5ccc(N(c6ccc(-c7cccc8oc9ccccc9c78)cc6)c6ccc(-c7cccc8oc9ccccc9c78)cc6)cc5)ccc4n(-c4ccccc4)c3cc21. The van der Waals surface area contributed by atoms with Gasteiger partial charge in [0.25, 0.3) is 0 Å². The third kappa shape index (κ3) is 6.33. The molecule has 0 fully saturated rings. The molecule has 73 heavy (non-hydrogen) atoms. The second-order valence-electron chi connectivity index (χ2n) is 20.0. The highest BCUT2D eigenvalue weighted by Gasteiger charge is 2.36. The van der Waals surface area contributed by atoms with Gasteiger partial charge in [0.1, 0.15) is 22.3 Å². The number of para-hydroxylation sites is 3. The van der Waals surface area contributed by atoms with E-state index < -0.39 is 0 Å². The lowest BCUT2D eigenvalue weighted by Crippen LogP contribution is -2.14. The van der Waals surface area contributed by atoms with E-state index >= 15 is 0 Å². The Hall–Kier alpha value is -9.38. The number of aromatic nitrogens is 1. The van der Waals surface area contributed by atoms with Gasteiger partial charge in [-0.1, -0.05) is 159 Å². The Labute approximate surface area is 422 Å². The molecule has 0 saturated carbocycles. The molecular weight excluding hydrogens is 889 g/mol. The number of furan rings is 2. The molecule has 14 aromatic rings. The van der Waals surface area contributed by atoms with E-state index in [9.17, 15) is 0 Å². The lowest BCUT2D eigenvalue weighted by molar-refractivity contribution is 0.661. The zero-order chi connectivity index (χ0) is 48.4. The second kappa shape index (κ2) is 15.8. The molecule has 11 aromatic carbocycles. The minimum absolute atomic E-state index is 0.0997. The largest absolute Gasteiger partial charge is 0.456 e. The van der Waals surface area contributed by atoms with Crippen LogP contribution in [0.2, 0.25) is 0 Å². The van der Waals surface area contributed by atoms with Crippen LogP contribution in [0.5, 0.6) is 0 Å². The first kappa shape index (κ1) is 41.4. The molecular formula is C69H46N2O2. The average molecular weight is 935 g/mol. The summed E-state index contributed by atoms with van der Waals surface area (Å²) in [6, 6.07) is 87.9. The van der Waals surface area contributed by atoms with Crippen molar-refractivity contribution < 1.29 is 8.83 Å². The van der Waals surface area contributed by atoms with Gasteiger partial charge in [-0.3, -0.25) is 0 Å². The van der Waals surface area contributed by atoms with Crippen LogP contribution in [0.3, 0.4) is 0 Å². The monoisotopic (exact) mass is 934 g/mol. The van der Waals surface area contributed by atoms with Crippen LogP contribution in [0.4, 0.5) is 17.1 Å². The topological polar surface area (TPSA) is 34.5 Å². The Morgan fingerprint density at radius 3 is 1.41 bits per heavy atom. The quantitative estimate of drug-likeness (QED) is 0.160. The van der Waals surface area contributed by atoms with E-state index in [0.29, 0.717) is 0 Å². The lowest BCUT2D eigenvalue weighted by atomic mass is 9.82. The molecule has 0 amide bonds. The number of hydrogen-bond acceptors (Lipinski definition) is 3. The Bertz CT molecular complexity index is 4340. The van der Waals surface area contributed by atoms with Crippen molar-refractivity contribution in [3.8, 4) is 50.2 Å². The fourth-order valence-corrected chi connectivity index (χ4v) is 12.1. The highest BCUT2D eigenvalue weighted by atomic mass is 16.3. The van der Waals surface area contributed by atoms with Gasteiger partial charge in [-0.25, -0.2) is 0 Å². The van der Waals surface area contributed by atoms with Crippen LogP contribution in [0.25, 0.3) is 116 Å². The number of hydrogen-bond donors (Lipinski definition) is 0. The molecule has 3 heterocycles. The molecule has 0 N–H and O–H groups in total. The van der Waals surface area contributed by atoms with Crippen LogP contribution < -0.4 is 4.90 Å². The molecule has 0 saturated heterocycles. The summed E-state index contributed by atoms with van der Waals surface area (Å²) < 4.78 is 15.0. The number of anilines is 3. The normalized spacial score (nSPS) is 12.9. The van der Waals surface area contributed by atoms with E-state index in [0.717, 1.165) is 94.4 Å². The molecule has 1 aliphatic rings. The van der Waals surface area contributed by atoms with Gasteiger partial charge in [0.15, 0.2) is 0 Å². The Kier molecular flexibility index (Phi) is 8.97. The molecule has 0 unspecified atom stereocenters. The van der Waals surface area contributed by atoms with E-state index in [1.165, 1.54) is 49.6 Å². The first-order valence-corrected chi connectivity index (χ1v) is 25.1. The van der Waals surface area contributed by atoms with E-state index in [1.807, 2.05) is 24.3 Å². The van der Waals surface area contributed by atoms with Gasteiger partial charge < -0.3 is 18.3 Å². The molecule has 4 nitrogen and oxygen atoms in total. The highest BCUT2D eigenvalue weighted by molar-refractivity contribution is 6.15. The van der Waals surface area contributed by atoms with Gasteiger partial charge in [-0.15, -0.1) is 0 Å². The van der Waals surface area contributed by atoms with Crippen molar-refractivity contribution in [1.29, 1.82) is 0 Å². The molecule has 0 atom stereocenters. The molecule has 3 aromatic heterocycles. The lowest BCUT2D eigenvalue weighted by Gasteiger charge is -2.26. The van der Waals surface area contributed by atoms with Crippen molar-refractivity contribution in [3.63, 3.8) is 0 Å². The highest BCUT2D eigenvalue weighted by Crippen LogP contribution is 2.51. The van der Waals surface area contributed by atoms with Crippen LogP contribution in [-0.4, -0.2) is 4.57 Å². The average Bonchev–Trinajstić information content (AvgIpc) is 4.18. The standard InChI is InChI=1S/C69H46N2O2/c1-69(2)59-21-9-6-16-53(59)56-41-58-57-40-46(32-39-61(57)71(62(58)42-60(56)69)47-14-4-3-5-15-47)43-26-33-48(34-27-43)70(49-35-28-44(29-36-49)51-19-12-24-65-67(51)54-17-7-10-22-63(54)72-65)50-37-30-45(31-38-50)52-20-13-25-66-68(52)55-18-8-11-23-64(55)73-66/h3-42H,1-2H3. The minimum atomic E-state index is -0.0997. The van der Waals surface area contributed by atoms with Gasteiger partial charge in [0.05, 0.1) is 11.0 Å². The first-order valence-electron chi connectivity index (χ1n) is 25.1. The molecule has 0 bridgehead atoms. The summed E-state index contributed by atoms with van der Waals surface area (Å²) in [7, 11) is 0. The van der Waals surface area contributed by atoms with E-state index in [1.54, 1.807) is 0 Å². The van der Waals surface area contributed by atoms with E-state index in [2.05, 4.69) is 242 Å². The van der Waals surface area contributed by atoms with Crippen LogP contribution in [-0.2, 0) is 5.41 Å². The van der Waals surface area contributed by atoms with Crippen molar-refractivity contribution in [2.24, 2.45) is 0 Å². The summed E-state index contributed by atoms with van der Waals surface area (Å²) in [5.41, 5.74) is 22.6. The second-order valence-corrected chi connectivity index (χ2v) is 20.0. The van der Waals surface area contributed by atoms with Gasteiger partial charge in [-0.2, -0.15) is 0 Å². The van der Waals surface area contributed by atoms with Crippen molar-refractivity contribution in [2.75, 3.05) is 4.90 Å². The predicted octanol–water partition coefficient (Wildman–Crippen LogP) is 19.4. The summed E-state index contributed by atoms with van der Waals surface area (Å²) in [4.78, 5) is 2.36. The van der Waals surface area contributed by atoms with Crippen LogP contribution in [0, 0.1) is 0 Å². The predicted molar refractivity (Wildman–Crippen MR) is 304 cm³/mol. The summed E-state index contributed by atoms with van der Waals surface area (Å²) in [6.45, 7) is 4.72. The molecule has 0 aliphatic heterocycles. The summed E-state index contributed by atoms with van der Waals surface area (Å²) in [6.07, 6.45) is 0. The zero-order valence-electron chi connectivity index (χ0n) is 40.3. The van der Waals surface area contributed by atoms with Crippen molar-refractivity contribution in [2.45, 2.75) is 19.3 Å². The maximum atomic E-state index is 6.29. The van der Waals surface area contributed by atoms with E-state index in [4.69, 9.17) is 8.83 Å². The van der Waals surface area contributed by atoms with Crippen LogP contribution in [0.1, 0.15) is 25.0 Å². The van der Waals surface area contributed by atoms with Gasteiger partial charge in [0.2, 0.25) is 0 Å². The number of benzene rings is 11. The van der Waals surface area contributed by atoms with Crippen LogP contribution >= 0.6 is 0 Å². The van der Waals surface area contributed by atoms with Gasteiger partial charge in [0, 0.05) is 60.5 Å². The van der Waals surface area contributed by atoms with Crippen molar-refractivity contribution in [3.05, 3.63) is 254 Å². The fourth-order valence-electron chi connectivity index (χ4n) is 12.1. The molecule has 4 heteroatoms. The molecule has 15 rings (SSSR count).